The highest BCUT2D eigenvalue weighted by Gasteiger charge is 2.13. The van der Waals surface area contributed by atoms with Crippen LogP contribution in [-0.4, -0.2) is 71.4 Å². The molecule has 0 amide bonds. The van der Waals surface area contributed by atoms with E-state index in [0.717, 1.165) is 19.4 Å². The van der Waals surface area contributed by atoms with Gasteiger partial charge < -0.3 is 15.4 Å². The Bertz CT molecular complexity index is 424. The van der Waals surface area contributed by atoms with Crippen molar-refractivity contribution in [1.82, 2.24) is 14.9 Å². The zero-order valence-corrected chi connectivity index (χ0v) is 16.1. The van der Waals surface area contributed by atoms with Crippen LogP contribution < -0.4 is 10.6 Å². The fourth-order valence-corrected chi connectivity index (χ4v) is 2.83. The van der Waals surface area contributed by atoms with Gasteiger partial charge in [-0.2, -0.15) is 0 Å². The molecular formula is C15H34N4O3S. The van der Waals surface area contributed by atoms with E-state index < -0.39 is 10.0 Å². The molecule has 138 valence electrons. The maximum Gasteiger partial charge on any atom is 0.211 e. The monoisotopic (exact) mass is 350 g/mol. The third-order valence-electron chi connectivity index (χ3n) is 3.30. The Labute approximate surface area is 141 Å². The molecule has 0 atom stereocenters. The standard InChI is InChI=1S/C15H34N4O3S/c1-6-19(23(5,20)21)11-7-9-17-15(16-4)18-10-13-22-12-8-14(2)3/h14H,6-13H2,1-5H3,(H2,16,17,18). The molecule has 0 fully saturated rings. The van der Waals surface area contributed by atoms with Crippen LogP contribution in [0.4, 0.5) is 0 Å². The smallest absolute Gasteiger partial charge is 0.211 e. The van der Waals surface area contributed by atoms with E-state index in [1.54, 1.807) is 7.05 Å². The van der Waals surface area contributed by atoms with Crippen LogP contribution in [0, 0.1) is 5.92 Å². The molecule has 0 aromatic heterocycles. The lowest BCUT2D eigenvalue weighted by molar-refractivity contribution is 0.128. The minimum atomic E-state index is -3.11. The first kappa shape index (κ1) is 22.1. The number of sulfonamides is 1. The van der Waals surface area contributed by atoms with Crippen LogP contribution in [0.1, 0.15) is 33.6 Å². The summed E-state index contributed by atoms with van der Waals surface area (Å²) in [6.07, 6.45) is 3.04. The summed E-state index contributed by atoms with van der Waals surface area (Å²) in [6, 6.07) is 0. The van der Waals surface area contributed by atoms with Gasteiger partial charge in [0.2, 0.25) is 10.0 Å². The van der Waals surface area contributed by atoms with Crippen LogP contribution in [0.3, 0.4) is 0 Å². The molecule has 0 aromatic rings. The highest BCUT2D eigenvalue weighted by Crippen LogP contribution is 1.99. The van der Waals surface area contributed by atoms with Crippen LogP contribution in [0.2, 0.25) is 0 Å². The van der Waals surface area contributed by atoms with Crippen molar-refractivity contribution in [2.75, 3.05) is 52.7 Å². The SMILES string of the molecule is CCN(CCCNC(=NC)NCCOCCC(C)C)S(C)(=O)=O. The average Bonchev–Trinajstić information content (AvgIpc) is 2.46. The van der Waals surface area contributed by atoms with E-state index in [1.807, 2.05) is 6.92 Å². The van der Waals surface area contributed by atoms with Crippen molar-refractivity contribution in [3.63, 3.8) is 0 Å². The molecule has 0 spiro atoms. The molecule has 0 aromatic carbocycles. The van der Waals surface area contributed by atoms with E-state index in [2.05, 4.69) is 29.5 Å². The molecule has 0 radical (unpaired) electrons. The Kier molecular flexibility index (Phi) is 12.1. The predicted molar refractivity (Wildman–Crippen MR) is 96.3 cm³/mol. The quantitative estimate of drug-likeness (QED) is 0.310. The molecule has 0 saturated heterocycles. The minimum Gasteiger partial charge on any atom is -0.380 e. The van der Waals surface area contributed by atoms with Gasteiger partial charge in [-0.1, -0.05) is 20.8 Å². The van der Waals surface area contributed by atoms with Gasteiger partial charge in [-0.25, -0.2) is 12.7 Å². The summed E-state index contributed by atoms with van der Waals surface area (Å²) in [4.78, 5) is 4.13. The second-order valence-corrected chi connectivity index (χ2v) is 7.81. The van der Waals surface area contributed by atoms with Gasteiger partial charge in [-0.15, -0.1) is 0 Å². The first-order valence-electron chi connectivity index (χ1n) is 8.28. The summed E-state index contributed by atoms with van der Waals surface area (Å²) in [7, 11) is -1.40. The number of nitrogens with zero attached hydrogens (tertiary/aromatic N) is 2. The van der Waals surface area contributed by atoms with Crippen molar-refractivity contribution in [2.24, 2.45) is 10.9 Å². The van der Waals surface area contributed by atoms with Crippen molar-refractivity contribution in [3.05, 3.63) is 0 Å². The Balaban J connectivity index is 3.79. The first-order valence-corrected chi connectivity index (χ1v) is 10.1. The molecule has 0 aliphatic heterocycles. The Hall–Kier alpha value is -0.860. The van der Waals surface area contributed by atoms with Gasteiger partial charge in [0, 0.05) is 39.8 Å². The van der Waals surface area contributed by atoms with Crippen molar-refractivity contribution in [1.29, 1.82) is 0 Å². The normalized spacial score (nSPS) is 12.9. The lowest BCUT2D eigenvalue weighted by atomic mass is 10.1. The minimum absolute atomic E-state index is 0.500. The van der Waals surface area contributed by atoms with Crippen LogP contribution in [0.25, 0.3) is 0 Å². The molecule has 0 saturated carbocycles. The van der Waals surface area contributed by atoms with Gasteiger partial charge in [-0.05, 0) is 18.8 Å². The summed E-state index contributed by atoms with van der Waals surface area (Å²) in [5.41, 5.74) is 0. The highest BCUT2D eigenvalue weighted by atomic mass is 32.2. The molecule has 0 rings (SSSR count). The largest absolute Gasteiger partial charge is 0.380 e. The molecule has 0 aliphatic carbocycles. The molecule has 0 unspecified atom stereocenters. The predicted octanol–water partition coefficient (Wildman–Crippen LogP) is 0.886. The molecular weight excluding hydrogens is 316 g/mol. The van der Waals surface area contributed by atoms with Gasteiger partial charge in [0.15, 0.2) is 5.96 Å². The van der Waals surface area contributed by atoms with E-state index in [0.29, 0.717) is 44.7 Å². The summed E-state index contributed by atoms with van der Waals surface area (Å²) >= 11 is 0. The number of nitrogens with one attached hydrogen (secondary N) is 2. The molecule has 8 heteroatoms. The number of guanidine groups is 1. The van der Waals surface area contributed by atoms with E-state index in [9.17, 15) is 8.42 Å². The number of aliphatic imine (C=N–C) groups is 1. The van der Waals surface area contributed by atoms with Crippen LogP contribution >= 0.6 is 0 Å². The number of ether oxygens (including phenoxy) is 1. The summed E-state index contributed by atoms with van der Waals surface area (Å²) in [5, 5.41) is 6.34. The van der Waals surface area contributed by atoms with Gasteiger partial charge in [0.05, 0.1) is 12.9 Å². The van der Waals surface area contributed by atoms with Gasteiger partial charge in [0.1, 0.15) is 0 Å². The second kappa shape index (κ2) is 12.5. The maximum absolute atomic E-state index is 11.5. The lowest BCUT2D eigenvalue weighted by Crippen LogP contribution is -2.40. The first-order chi connectivity index (χ1) is 10.8. The molecule has 0 aliphatic rings. The van der Waals surface area contributed by atoms with Crippen molar-refractivity contribution in [3.8, 4) is 0 Å². The molecule has 2 N–H and O–H groups in total. The van der Waals surface area contributed by atoms with Crippen molar-refractivity contribution >= 4 is 16.0 Å². The fourth-order valence-electron chi connectivity index (χ4n) is 1.90. The average molecular weight is 351 g/mol. The Morgan fingerprint density at radius 3 is 2.39 bits per heavy atom. The summed E-state index contributed by atoms with van der Waals surface area (Å²) < 4.78 is 29.9. The molecule has 23 heavy (non-hydrogen) atoms. The third-order valence-corrected chi connectivity index (χ3v) is 4.68. The van der Waals surface area contributed by atoms with Crippen LogP contribution in [0.15, 0.2) is 4.99 Å². The van der Waals surface area contributed by atoms with E-state index in [1.165, 1.54) is 10.6 Å². The van der Waals surface area contributed by atoms with Crippen molar-refractivity contribution in [2.45, 2.75) is 33.6 Å². The van der Waals surface area contributed by atoms with E-state index in [4.69, 9.17) is 4.74 Å². The topological polar surface area (TPSA) is 83.0 Å². The van der Waals surface area contributed by atoms with E-state index >= 15 is 0 Å². The lowest BCUT2D eigenvalue weighted by Gasteiger charge is -2.18. The second-order valence-electron chi connectivity index (χ2n) is 5.83. The zero-order chi connectivity index (χ0) is 17.7. The third kappa shape index (κ3) is 12.3. The van der Waals surface area contributed by atoms with Crippen molar-refractivity contribution < 1.29 is 13.2 Å². The molecule has 0 heterocycles. The molecule has 7 nitrogen and oxygen atoms in total. The van der Waals surface area contributed by atoms with E-state index in [-0.39, 0.29) is 0 Å². The Morgan fingerprint density at radius 1 is 1.22 bits per heavy atom. The van der Waals surface area contributed by atoms with Gasteiger partial charge >= 0.3 is 0 Å². The molecule has 0 bridgehead atoms. The van der Waals surface area contributed by atoms with Gasteiger partial charge in [-0.3, -0.25) is 4.99 Å². The fraction of sp³-hybridized carbons (Fsp3) is 0.933. The van der Waals surface area contributed by atoms with Crippen LogP contribution in [0.5, 0.6) is 0 Å². The van der Waals surface area contributed by atoms with Crippen LogP contribution in [-0.2, 0) is 14.8 Å². The summed E-state index contributed by atoms with van der Waals surface area (Å²) in [6.45, 7) is 10.00. The number of hydrogen-bond donors (Lipinski definition) is 2. The Morgan fingerprint density at radius 2 is 1.87 bits per heavy atom. The number of hydrogen-bond acceptors (Lipinski definition) is 4. The summed E-state index contributed by atoms with van der Waals surface area (Å²) in [5.74, 6) is 1.37. The number of rotatable bonds is 12. The highest BCUT2D eigenvalue weighted by molar-refractivity contribution is 7.88. The van der Waals surface area contributed by atoms with Gasteiger partial charge in [0.25, 0.3) is 0 Å². The zero-order valence-electron chi connectivity index (χ0n) is 15.3. The maximum atomic E-state index is 11.5.